The zero-order valence-electron chi connectivity index (χ0n) is 11.8. The Hall–Kier alpha value is -2.69. The van der Waals surface area contributed by atoms with Gasteiger partial charge in [0.25, 0.3) is 0 Å². The van der Waals surface area contributed by atoms with Crippen LogP contribution in [0.1, 0.15) is 28.9 Å². The third-order valence-corrected chi connectivity index (χ3v) is 3.21. The maximum atomic E-state index is 11.0. The van der Waals surface area contributed by atoms with Crippen LogP contribution in [0.2, 0.25) is 0 Å². The Morgan fingerprint density at radius 2 is 1.86 bits per heavy atom. The molecule has 2 aromatic carbocycles. The van der Waals surface area contributed by atoms with Gasteiger partial charge in [-0.2, -0.15) is 0 Å². The summed E-state index contributed by atoms with van der Waals surface area (Å²) in [7, 11) is 1.53. The number of hydrogen-bond acceptors (Lipinski definition) is 4. The summed E-state index contributed by atoms with van der Waals surface area (Å²) in [5.74, 6) is -0.208. The Morgan fingerprint density at radius 1 is 1.19 bits per heavy atom. The maximum Gasteiger partial charge on any atom is 0.335 e. The summed E-state index contributed by atoms with van der Waals surface area (Å²) in [5.41, 5.74) is 1.77. The molecule has 5 nitrogen and oxygen atoms in total. The SMILES string of the molecule is COc1ccc(C(=O)O)cc1NC(C)c1ccc(O)cc1. The summed E-state index contributed by atoms with van der Waals surface area (Å²) >= 11 is 0. The van der Waals surface area contributed by atoms with Crippen LogP contribution in [0.15, 0.2) is 42.5 Å². The number of benzene rings is 2. The molecule has 1 unspecified atom stereocenters. The smallest absolute Gasteiger partial charge is 0.335 e. The molecule has 0 aliphatic rings. The zero-order valence-corrected chi connectivity index (χ0v) is 11.8. The number of anilines is 1. The van der Waals surface area contributed by atoms with Crippen LogP contribution in [0.5, 0.6) is 11.5 Å². The van der Waals surface area contributed by atoms with Gasteiger partial charge in [-0.05, 0) is 42.8 Å². The van der Waals surface area contributed by atoms with E-state index in [4.69, 9.17) is 9.84 Å². The van der Waals surface area contributed by atoms with Crippen molar-refractivity contribution in [1.82, 2.24) is 0 Å². The Labute approximate surface area is 122 Å². The molecule has 0 spiro atoms. The highest BCUT2D eigenvalue weighted by molar-refractivity contribution is 5.89. The van der Waals surface area contributed by atoms with E-state index in [9.17, 15) is 9.90 Å². The van der Waals surface area contributed by atoms with Gasteiger partial charge in [-0.3, -0.25) is 0 Å². The van der Waals surface area contributed by atoms with E-state index >= 15 is 0 Å². The maximum absolute atomic E-state index is 11.0. The highest BCUT2D eigenvalue weighted by Crippen LogP contribution is 2.29. The molecule has 0 heterocycles. The van der Waals surface area contributed by atoms with Gasteiger partial charge in [-0.25, -0.2) is 4.79 Å². The lowest BCUT2D eigenvalue weighted by molar-refractivity contribution is 0.0697. The van der Waals surface area contributed by atoms with Gasteiger partial charge in [0.1, 0.15) is 11.5 Å². The van der Waals surface area contributed by atoms with Crippen molar-refractivity contribution in [3.8, 4) is 11.5 Å². The van der Waals surface area contributed by atoms with Crippen LogP contribution in [-0.4, -0.2) is 23.3 Å². The second kappa shape index (κ2) is 6.17. The average Bonchev–Trinajstić information content (AvgIpc) is 2.47. The molecule has 5 heteroatoms. The van der Waals surface area contributed by atoms with Crippen LogP contribution in [0.4, 0.5) is 5.69 Å². The first-order valence-corrected chi connectivity index (χ1v) is 6.48. The largest absolute Gasteiger partial charge is 0.508 e. The van der Waals surface area contributed by atoms with Crippen molar-refractivity contribution in [2.45, 2.75) is 13.0 Å². The topological polar surface area (TPSA) is 78.8 Å². The summed E-state index contributed by atoms with van der Waals surface area (Å²) in [6, 6.07) is 11.4. The van der Waals surface area contributed by atoms with Crippen LogP contribution in [-0.2, 0) is 0 Å². The monoisotopic (exact) mass is 287 g/mol. The van der Waals surface area contributed by atoms with Crippen LogP contribution >= 0.6 is 0 Å². The number of hydrogen-bond donors (Lipinski definition) is 3. The second-order valence-corrected chi connectivity index (χ2v) is 4.68. The van der Waals surface area contributed by atoms with Gasteiger partial charge in [0.05, 0.1) is 18.4 Å². The molecule has 0 bridgehead atoms. The van der Waals surface area contributed by atoms with E-state index in [0.717, 1.165) is 5.56 Å². The van der Waals surface area contributed by atoms with Gasteiger partial charge < -0.3 is 20.3 Å². The molecule has 1 atom stereocenters. The Kier molecular flexibility index (Phi) is 4.33. The number of carboxylic acid groups (broad SMARTS) is 1. The lowest BCUT2D eigenvalue weighted by Gasteiger charge is -2.18. The molecule has 2 aromatic rings. The van der Waals surface area contributed by atoms with Crippen LogP contribution in [0, 0.1) is 0 Å². The van der Waals surface area contributed by atoms with Crippen molar-refractivity contribution in [2.24, 2.45) is 0 Å². The van der Waals surface area contributed by atoms with Gasteiger partial charge >= 0.3 is 5.97 Å². The average molecular weight is 287 g/mol. The fourth-order valence-electron chi connectivity index (χ4n) is 2.03. The summed E-state index contributed by atoms with van der Waals surface area (Å²) < 4.78 is 5.24. The van der Waals surface area contributed by atoms with Crippen molar-refractivity contribution in [1.29, 1.82) is 0 Å². The number of aromatic hydroxyl groups is 1. The second-order valence-electron chi connectivity index (χ2n) is 4.68. The summed E-state index contributed by atoms with van der Waals surface area (Å²) in [6.45, 7) is 1.94. The van der Waals surface area contributed by atoms with Crippen molar-refractivity contribution >= 4 is 11.7 Å². The first-order valence-electron chi connectivity index (χ1n) is 6.48. The Morgan fingerprint density at radius 3 is 2.43 bits per heavy atom. The minimum Gasteiger partial charge on any atom is -0.508 e. The summed E-state index contributed by atoms with van der Waals surface area (Å²) in [5, 5.41) is 21.6. The van der Waals surface area contributed by atoms with Gasteiger partial charge in [0.2, 0.25) is 0 Å². The van der Waals surface area contributed by atoms with Crippen molar-refractivity contribution in [3.63, 3.8) is 0 Å². The number of phenols is 1. The molecule has 21 heavy (non-hydrogen) atoms. The van der Waals surface area contributed by atoms with Crippen LogP contribution in [0.3, 0.4) is 0 Å². The van der Waals surface area contributed by atoms with E-state index in [0.29, 0.717) is 11.4 Å². The summed E-state index contributed by atoms with van der Waals surface area (Å²) in [4.78, 5) is 11.0. The first kappa shape index (κ1) is 14.7. The van der Waals surface area contributed by atoms with E-state index in [1.165, 1.54) is 19.2 Å². The Bertz CT molecular complexity index is 637. The molecule has 0 saturated carbocycles. The van der Waals surface area contributed by atoms with E-state index in [1.807, 2.05) is 6.92 Å². The minimum atomic E-state index is -0.988. The molecular weight excluding hydrogens is 270 g/mol. The molecule has 3 N–H and O–H groups in total. The molecule has 0 radical (unpaired) electrons. The van der Waals surface area contributed by atoms with Gasteiger partial charge in [-0.1, -0.05) is 12.1 Å². The predicted octanol–water partition coefficient (Wildman–Crippen LogP) is 3.27. The molecule has 110 valence electrons. The Balaban J connectivity index is 2.26. The van der Waals surface area contributed by atoms with E-state index in [-0.39, 0.29) is 17.4 Å². The summed E-state index contributed by atoms with van der Waals surface area (Å²) in [6.07, 6.45) is 0. The van der Waals surface area contributed by atoms with Crippen LogP contribution in [0.25, 0.3) is 0 Å². The molecule has 0 aliphatic carbocycles. The van der Waals surface area contributed by atoms with Gasteiger partial charge in [-0.15, -0.1) is 0 Å². The quantitative estimate of drug-likeness (QED) is 0.786. The third kappa shape index (κ3) is 3.45. The van der Waals surface area contributed by atoms with E-state index in [1.54, 1.807) is 30.3 Å². The fraction of sp³-hybridized carbons (Fsp3) is 0.188. The van der Waals surface area contributed by atoms with E-state index < -0.39 is 5.97 Å². The third-order valence-electron chi connectivity index (χ3n) is 3.21. The molecule has 0 aliphatic heterocycles. The van der Waals surface area contributed by atoms with Crippen molar-refractivity contribution < 1.29 is 19.7 Å². The lowest BCUT2D eigenvalue weighted by atomic mass is 10.1. The van der Waals surface area contributed by atoms with Crippen molar-refractivity contribution in [3.05, 3.63) is 53.6 Å². The number of aromatic carboxylic acids is 1. The molecule has 0 aromatic heterocycles. The molecule has 0 fully saturated rings. The standard InChI is InChI=1S/C16H17NO4/c1-10(11-3-6-13(18)7-4-11)17-14-9-12(16(19)20)5-8-15(14)21-2/h3-10,17-18H,1-2H3,(H,19,20). The minimum absolute atomic E-state index is 0.0662. The molecule has 0 saturated heterocycles. The number of carboxylic acids is 1. The molecule has 2 rings (SSSR count). The highest BCUT2D eigenvalue weighted by Gasteiger charge is 2.12. The lowest BCUT2D eigenvalue weighted by Crippen LogP contribution is -2.08. The highest BCUT2D eigenvalue weighted by atomic mass is 16.5. The number of phenolic OH excluding ortho intramolecular Hbond substituents is 1. The van der Waals surface area contributed by atoms with E-state index in [2.05, 4.69) is 5.32 Å². The number of nitrogens with one attached hydrogen (secondary N) is 1. The normalized spacial score (nSPS) is 11.7. The van der Waals surface area contributed by atoms with Gasteiger partial charge in [0, 0.05) is 6.04 Å². The molecule has 0 amide bonds. The predicted molar refractivity (Wildman–Crippen MR) is 80.1 cm³/mol. The van der Waals surface area contributed by atoms with Gasteiger partial charge in [0.15, 0.2) is 0 Å². The number of carbonyl (C=O) groups is 1. The van der Waals surface area contributed by atoms with Crippen molar-refractivity contribution in [2.75, 3.05) is 12.4 Å². The van der Waals surface area contributed by atoms with Crippen LogP contribution < -0.4 is 10.1 Å². The number of rotatable bonds is 5. The zero-order chi connectivity index (χ0) is 15.4. The number of methoxy groups -OCH3 is 1. The fourth-order valence-corrected chi connectivity index (χ4v) is 2.03. The number of ether oxygens (including phenoxy) is 1. The molecular formula is C16H17NO4. The first-order chi connectivity index (χ1) is 10.0.